The second kappa shape index (κ2) is 4.57. The maximum atomic E-state index is 12.4. The zero-order valence-corrected chi connectivity index (χ0v) is 13.6. The van der Waals surface area contributed by atoms with Crippen LogP contribution in [-0.2, 0) is 4.79 Å². The molecule has 0 aromatic rings. The van der Waals surface area contributed by atoms with Gasteiger partial charge in [-0.2, -0.15) is 0 Å². The fourth-order valence-electron chi connectivity index (χ4n) is 7.01. The standard InChI is InChI=1S/C19H30O2/c1-18-9-7-13(20)11-12(18)3-4-14-15-5-6-17(21)19(15,2)10-8-16(14)18/h12-16,20H,3-11H2,1-2H3/t12?,13-,14?,15-,16?,18?,19?/m0/s1. The molecule has 2 heteroatoms. The van der Waals surface area contributed by atoms with E-state index in [4.69, 9.17) is 0 Å². The summed E-state index contributed by atoms with van der Waals surface area (Å²) in [7, 11) is 0. The highest BCUT2D eigenvalue weighted by atomic mass is 16.3. The van der Waals surface area contributed by atoms with Crippen molar-refractivity contribution in [2.45, 2.75) is 77.7 Å². The third-order valence-corrected chi connectivity index (χ3v) is 8.35. The summed E-state index contributed by atoms with van der Waals surface area (Å²) in [5.41, 5.74) is 0.452. The average Bonchev–Trinajstić information content (AvgIpc) is 2.76. The monoisotopic (exact) mass is 290 g/mol. The summed E-state index contributed by atoms with van der Waals surface area (Å²) < 4.78 is 0. The van der Waals surface area contributed by atoms with Gasteiger partial charge in [0.15, 0.2) is 0 Å². The highest BCUT2D eigenvalue weighted by Crippen LogP contribution is 2.65. The molecule has 4 fully saturated rings. The maximum Gasteiger partial charge on any atom is 0.139 e. The van der Waals surface area contributed by atoms with Crippen LogP contribution >= 0.6 is 0 Å². The molecule has 4 aliphatic carbocycles. The van der Waals surface area contributed by atoms with E-state index in [1.807, 2.05) is 0 Å². The van der Waals surface area contributed by atoms with Gasteiger partial charge in [-0.1, -0.05) is 13.8 Å². The third kappa shape index (κ3) is 1.84. The van der Waals surface area contributed by atoms with E-state index in [1.165, 1.54) is 25.7 Å². The molecule has 7 atom stereocenters. The van der Waals surface area contributed by atoms with Crippen molar-refractivity contribution < 1.29 is 9.90 Å². The van der Waals surface area contributed by atoms with Gasteiger partial charge in [0.05, 0.1) is 6.10 Å². The number of aliphatic hydroxyl groups excluding tert-OH is 1. The van der Waals surface area contributed by atoms with Crippen LogP contribution in [-0.4, -0.2) is 17.0 Å². The molecule has 4 aliphatic rings. The SMILES string of the molecule is CC12CC[C@H](O)CC1CCC1C2CCC2(C)C(=O)CC[C@@H]12. The van der Waals surface area contributed by atoms with E-state index >= 15 is 0 Å². The molecule has 0 spiro atoms. The van der Waals surface area contributed by atoms with Gasteiger partial charge in [-0.05, 0) is 80.5 Å². The Bertz CT molecular complexity index is 458. The Kier molecular flexibility index (Phi) is 3.10. The summed E-state index contributed by atoms with van der Waals surface area (Å²) in [4.78, 5) is 12.4. The number of ketones is 1. The van der Waals surface area contributed by atoms with E-state index in [2.05, 4.69) is 13.8 Å². The van der Waals surface area contributed by atoms with Gasteiger partial charge in [-0.15, -0.1) is 0 Å². The first-order valence-corrected chi connectivity index (χ1v) is 9.16. The van der Waals surface area contributed by atoms with Crippen LogP contribution in [0.5, 0.6) is 0 Å². The van der Waals surface area contributed by atoms with Crippen LogP contribution in [0.2, 0.25) is 0 Å². The van der Waals surface area contributed by atoms with Crippen LogP contribution in [0.4, 0.5) is 0 Å². The lowest BCUT2D eigenvalue weighted by molar-refractivity contribution is -0.142. The van der Waals surface area contributed by atoms with Crippen LogP contribution in [0.1, 0.15) is 71.6 Å². The fourth-order valence-corrected chi connectivity index (χ4v) is 7.01. The van der Waals surface area contributed by atoms with Crippen LogP contribution in [0.3, 0.4) is 0 Å². The fraction of sp³-hybridized carbons (Fsp3) is 0.947. The summed E-state index contributed by atoms with van der Waals surface area (Å²) in [5.74, 6) is 3.54. The number of rotatable bonds is 0. The quantitative estimate of drug-likeness (QED) is 0.733. The van der Waals surface area contributed by atoms with Gasteiger partial charge >= 0.3 is 0 Å². The minimum Gasteiger partial charge on any atom is -0.393 e. The Labute approximate surface area is 128 Å². The molecular formula is C19H30O2. The molecule has 1 N–H and O–H groups in total. The maximum absolute atomic E-state index is 12.4. The van der Waals surface area contributed by atoms with E-state index in [0.717, 1.165) is 49.9 Å². The molecule has 0 aliphatic heterocycles. The van der Waals surface area contributed by atoms with E-state index in [9.17, 15) is 9.90 Å². The largest absolute Gasteiger partial charge is 0.393 e. The number of fused-ring (bicyclic) bond motifs is 5. The van der Waals surface area contributed by atoms with E-state index in [0.29, 0.717) is 17.1 Å². The molecule has 0 amide bonds. The normalized spacial score (nSPS) is 56.5. The van der Waals surface area contributed by atoms with Crippen molar-refractivity contribution in [1.29, 1.82) is 0 Å². The number of carbonyl (C=O) groups excluding carboxylic acids is 1. The van der Waals surface area contributed by atoms with Gasteiger partial charge in [0, 0.05) is 11.8 Å². The highest BCUT2D eigenvalue weighted by molar-refractivity contribution is 5.87. The van der Waals surface area contributed by atoms with Crippen molar-refractivity contribution in [3.05, 3.63) is 0 Å². The number of Topliss-reactive ketones (excluding diaryl/α,β-unsaturated/α-hetero) is 1. The third-order valence-electron chi connectivity index (χ3n) is 8.35. The van der Waals surface area contributed by atoms with Crippen LogP contribution in [0, 0.1) is 34.5 Å². The van der Waals surface area contributed by atoms with Crippen molar-refractivity contribution in [2.24, 2.45) is 34.5 Å². The van der Waals surface area contributed by atoms with Gasteiger partial charge < -0.3 is 5.11 Å². The Morgan fingerprint density at radius 2 is 1.81 bits per heavy atom. The van der Waals surface area contributed by atoms with Gasteiger partial charge in [-0.3, -0.25) is 4.79 Å². The molecule has 0 radical (unpaired) electrons. The summed E-state index contributed by atoms with van der Waals surface area (Å²) >= 11 is 0. The first-order chi connectivity index (χ1) is 9.95. The van der Waals surface area contributed by atoms with Crippen molar-refractivity contribution in [3.63, 3.8) is 0 Å². The number of carbonyl (C=O) groups is 1. The number of hydrogen-bond acceptors (Lipinski definition) is 2. The summed E-state index contributed by atoms with van der Waals surface area (Å²) in [6, 6.07) is 0. The Hall–Kier alpha value is -0.370. The molecule has 4 rings (SSSR count). The first-order valence-electron chi connectivity index (χ1n) is 9.16. The summed E-state index contributed by atoms with van der Waals surface area (Å²) in [6.45, 7) is 4.78. The Morgan fingerprint density at radius 3 is 2.62 bits per heavy atom. The van der Waals surface area contributed by atoms with E-state index in [-0.39, 0.29) is 11.5 Å². The molecule has 0 bridgehead atoms. The molecule has 2 nitrogen and oxygen atoms in total. The average molecular weight is 290 g/mol. The second-order valence-electron chi connectivity index (χ2n) is 9.00. The zero-order valence-electron chi connectivity index (χ0n) is 13.6. The van der Waals surface area contributed by atoms with Crippen molar-refractivity contribution >= 4 is 5.78 Å². The number of hydrogen-bond donors (Lipinski definition) is 1. The molecule has 0 aromatic carbocycles. The predicted molar refractivity (Wildman–Crippen MR) is 82.7 cm³/mol. The number of aliphatic hydroxyl groups is 1. The van der Waals surface area contributed by atoms with E-state index < -0.39 is 0 Å². The molecular weight excluding hydrogens is 260 g/mol. The lowest BCUT2D eigenvalue weighted by atomic mass is 9.45. The van der Waals surface area contributed by atoms with Gasteiger partial charge in [-0.25, -0.2) is 0 Å². The molecule has 0 aromatic heterocycles. The topological polar surface area (TPSA) is 37.3 Å². The zero-order chi connectivity index (χ0) is 14.8. The van der Waals surface area contributed by atoms with Crippen LogP contribution in [0.15, 0.2) is 0 Å². The van der Waals surface area contributed by atoms with Gasteiger partial charge in [0.1, 0.15) is 5.78 Å². The summed E-state index contributed by atoms with van der Waals surface area (Å²) in [5, 5.41) is 10.0. The second-order valence-corrected chi connectivity index (χ2v) is 9.00. The first kappa shape index (κ1) is 14.2. The Balaban J connectivity index is 1.64. The minimum absolute atomic E-state index is 0.0124. The van der Waals surface area contributed by atoms with Crippen molar-refractivity contribution in [2.75, 3.05) is 0 Å². The molecule has 0 saturated heterocycles. The Morgan fingerprint density at radius 1 is 1.00 bits per heavy atom. The smallest absolute Gasteiger partial charge is 0.139 e. The van der Waals surface area contributed by atoms with Gasteiger partial charge in [0.25, 0.3) is 0 Å². The van der Waals surface area contributed by atoms with Crippen LogP contribution < -0.4 is 0 Å². The highest BCUT2D eigenvalue weighted by Gasteiger charge is 2.60. The van der Waals surface area contributed by atoms with Crippen LogP contribution in [0.25, 0.3) is 0 Å². The molecule has 21 heavy (non-hydrogen) atoms. The predicted octanol–water partition coefficient (Wildman–Crippen LogP) is 3.96. The lowest BCUT2D eigenvalue weighted by Crippen LogP contribution is -2.54. The van der Waals surface area contributed by atoms with E-state index in [1.54, 1.807) is 0 Å². The molecule has 4 saturated carbocycles. The van der Waals surface area contributed by atoms with Crippen molar-refractivity contribution in [3.8, 4) is 0 Å². The molecule has 0 heterocycles. The molecule has 5 unspecified atom stereocenters. The van der Waals surface area contributed by atoms with Crippen molar-refractivity contribution in [1.82, 2.24) is 0 Å². The molecule has 118 valence electrons. The lowest BCUT2D eigenvalue weighted by Gasteiger charge is -2.60. The minimum atomic E-state index is -0.0541. The summed E-state index contributed by atoms with van der Waals surface area (Å²) in [6.07, 6.45) is 10.1. The van der Waals surface area contributed by atoms with Gasteiger partial charge in [0.2, 0.25) is 0 Å².